The number of nitrogens with zero attached hydrogens (tertiary/aromatic N) is 4. The van der Waals surface area contributed by atoms with Crippen LogP contribution in [0.15, 0.2) is 0 Å². The molecule has 0 N–H and O–H groups in total. The van der Waals surface area contributed by atoms with Gasteiger partial charge in [-0.3, -0.25) is 4.79 Å². The molecule has 6 heteroatoms. The van der Waals surface area contributed by atoms with Crippen molar-refractivity contribution < 1.29 is 4.79 Å². The van der Waals surface area contributed by atoms with E-state index in [1.54, 1.807) is 0 Å². The van der Waals surface area contributed by atoms with Gasteiger partial charge in [0.05, 0.1) is 5.39 Å². The van der Waals surface area contributed by atoms with Gasteiger partial charge in [-0.1, -0.05) is 27.7 Å². The largest absolute Gasteiger partial charge is 0.352 e. The van der Waals surface area contributed by atoms with Crippen LogP contribution >= 0.6 is 11.3 Å². The van der Waals surface area contributed by atoms with Crippen LogP contribution in [0.4, 0.5) is 5.82 Å². The number of thiophene rings is 1. The molecule has 0 spiro atoms. The number of hydrogen-bond acceptors (Lipinski definition) is 5. The smallest absolute Gasteiger partial charge is 0.225 e. The lowest BCUT2D eigenvalue weighted by molar-refractivity contribution is -0.132. The second-order valence-corrected chi connectivity index (χ2v) is 11.5. The van der Waals surface area contributed by atoms with Crippen molar-refractivity contribution in [2.45, 2.75) is 66.2 Å². The molecule has 1 amide bonds. The summed E-state index contributed by atoms with van der Waals surface area (Å²) in [4.78, 5) is 29.6. The van der Waals surface area contributed by atoms with Crippen LogP contribution in [0.1, 0.15) is 63.2 Å². The fourth-order valence-electron chi connectivity index (χ4n) is 5.05. The van der Waals surface area contributed by atoms with Crippen molar-refractivity contribution in [3.63, 3.8) is 0 Å². The number of piperazine rings is 1. The van der Waals surface area contributed by atoms with Crippen molar-refractivity contribution in [3.05, 3.63) is 16.3 Å². The molecule has 0 bridgehead atoms. The first-order chi connectivity index (χ1) is 14.3. The standard InChI is InChI=1S/C24H34N4OS/c1-5-19-25-21(27-10-12-28(13-11-27)23(29)15-6-7-15)20-17-9-8-16(24(2,3)4)14-18(17)30-22(20)26-19/h15-16H,5-14H2,1-4H3. The van der Waals surface area contributed by atoms with E-state index in [2.05, 4.69) is 37.5 Å². The summed E-state index contributed by atoms with van der Waals surface area (Å²) in [5, 5.41) is 1.31. The summed E-state index contributed by atoms with van der Waals surface area (Å²) in [6.45, 7) is 12.7. The van der Waals surface area contributed by atoms with E-state index in [9.17, 15) is 4.79 Å². The lowest BCUT2D eigenvalue weighted by atomic mass is 9.72. The Morgan fingerprint density at radius 2 is 1.83 bits per heavy atom. The van der Waals surface area contributed by atoms with Gasteiger partial charge in [0.15, 0.2) is 0 Å². The number of aromatic nitrogens is 2. The molecule has 2 aliphatic carbocycles. The number of carbonyl (C=O) groups excluding carboxylic acids is 1. The first kappa shape index (κ1) is 20.2. The minimum absolute atomic E-state index is 0.314. The molecular weight excluding hydrogens is 392 g/mol. The van der Waals surface area contributed by atoms with Crippen molar-refractivity contribution in [2.75, 3.05) is 31.1 Å². The number of carbonyl (C=O) groups is 1. The maximum atomic E-state index is 12.5. The highest BCUT2D eigenvalue weighted by Gasteiger charge is 2.36. The number of fused-ring (bicyclic) bond motifs is 3. The summed E-state index contributed by atoms with van der Waals surface area (Å²) in [7, 11) is 0. The molecule has 5 rings (SSSR count). The number of hydrogen-bond donors (Lipinski definition) is 0. The van der Waals surface area contributed by atoms with Gasteiger partial charge in [0.25, 0.3) is 0 Å². The summed E-state index contributed by atoms with van der Waals surface area (Å²) in [5.41, 5.74) is 1.85. The minimum atomic E-state index is 0.314. The molecule has 0 aromatic carbocycles. The third kappa shape index (κ3) is 3.61. The molecule has 1 aliphatic heterocycles. The Kier molecular flexibility index (Phi) is 5.04. The second-order valence-electron chi connectivity index (χ2n) is 10.4. The van der Waals surface area contributed by atoms with E-state index in [1.165, 1.54) is 33.5 Å². The predicted molar refractivity (Wildman–Crippen MR) is 123 cm³/mol. The Morgan fingerprint density at radius 1 is 1.10 bits per heavy atom. The first-order valence-corrected chi connectivity index (χ1v) is 12.5. The van der Waals surface area contributed by atoms with E-state index in [0.717, 1.165) is 69.4 Å². The molecule has 2 fully saturated rings. The fourth-order valence-corrected chi connectivity index (χ4v) is 6.37. The number of anilines is 1. The molecule has 2 aromatic heterocycles. The number of amides is 1. The summed E-state index contributed by atoms with van der Waals surface area (Å²) < 4.78 is 0. The van der Waals surface area contributed by atoms with Gasteiger partial charge < -0.3 is 9.80 Å². The zero-order chi connectivity index (χ0) is 21.0. The molecule has 1 saturated carbocycles. The minimum Gasteiger partial charge on any atom is -0.352 e. The molecule has 3 aliphatic rings. The highest BCUT2D eigenvalue weighted by Crippen LogP contribution is 2.45. The Balaban J connectivity index is 1.46. The van der Waals surface area contributed by atoms with Crippen molar-refractivity contribution in [2.24, 2.45) is 17.3 Å². The molecular formula is C24H34N4OS. The molecule has 1 unspecified atom stereocenters. The zero-order valence-electron chi connectivity index (χ0n) is 18.8. The Bertz CT molecular complexity index is 964. The predicted octanol–water partition coefficient (Wildman–Crippen LogP) is 4.46. The molecule has 1 atom stereocenters. The lowest BCUT2D eigenvalue weighted by Gasteiger charge is -2.36. The lowest BCUT2D eigenvalue weighted by Crippen LogP contribution is -2.49. The monoisotopic (exact) mass is 426 g/mol. The van der Waals surface area contributed by atoms with Gasteiger partial charge in [-0.25, -0.2) is 9.97 Å². The number of aryl methyl sites for hydroxylation is 2. The van der Waals surface area contributed by atoms with Gasteiger partial charge >= 0.3 is 0 Å². The maximum Gasteiger partial charge on any atom is 0.225 e. The average molecular weight is 427 g/mol. The second kappa shape index (κ2) is 7.47. The van der Waals surface area contributed by atoms with Gasteiger partial charge in [0.1, 0.15) is 16.5 Å². The maximum absolute atomic E-state index is 12.5. The van der Waals surface area contributed by atoms with Gasteiger partial charge in [-0.2, -0.15) is 0 Å². The Labute approximate surface area is 183 Å². The average Bonchev–Trinajstić information content (AvgIpc) is 3.52. The van der Waals surface area contributed by atoms with Crippen molar-refractivity contribution in [1.29, 1.82) is 0 Å². The Morgan fingerprint density at radius 3 is 2.47 bits per heavy atom. The van der Waals surface area contributed by atoms with Crippen molar-refractivity contribution in [3.8, 4) is 0 Å². The summed E-state index contributed by atoms with van der Waals surface area (Å²) in [6, 6.07) is 0. The third-order valence-corrected chi connectivity index (χ3v) is 8.44. The number of rotatable bonds is 3. The van der Waals surface area contributed by atoms with Crippen molar-refractivity contribution >= 4 is 33.3 Å². The highest BCUT2D eigenvalue weighted by molar-refractivity contribution is 7.19. The van der Waals surface area contributed by atoms with E-state index < -0.39 is 0 Å². The fraction of sp³-hybridized carbons (Fsp3) is 0.708. The molecule has 0 radical (unpaired) electrons. The molecule has 1 saturated heterocycles. The van der Waals surface area contributed by atoms with Gasteiger partial charge in [0, 0.05) is 43.4 Å². The Hall–Kier alpha value is -1.69. The molecule has 3 heterocycles. The van der Waals surface area contributed by atoms with Crippen LogP contribution in [-0.4, -0.2) is 47.0 Å². The topological polar surface area (TPSA) is 49.3 Å². The highest BCUT2D eigenvalue weighted by atomic mass is 32.1. The van der Waals surface area contributed by atoms with Crippen LogP contribution in [0, 0.1) is 17.3 Å². The van der Waals surface area contributed by atoms with Gasteiger partial charge in [-0.05, 0) is 49.0 Å². The molecule has 5 nitrogen and oxygen atoms in total. The van der Waals surface area contributed by atoms with E-state index in [0.29, 0.717) is 17.2 Å². The van der Waals surface area contributed by atoms with Crippen LogP contribution in [0.2, 0.25) is 0 Å². The van der Waals surface area contributed by atoms with Crippen molar-refractivity contribution in [1.82, 2.24) is 14.9 Å². The molecule has 2 aromatic rings. The van der Waals surface area contributed by atoms with E-state index >= 15 is 0 Å². The zero-order valence-corrected chi connectivity index (χ0v) is 19.6. The van der Waals surface area contributed by atoms with E-state index in [-0.39, 0.29) is 0 Å². The van der Waals surface area contributed by atoms with Crippen LogP contribution in [0.3, 0.4) is 0 Å². The molecule has 30 heavy (non-hydrogen) atoms. The van der Waals surface area contributed by atoms with Gasteiger partial charge in [-0.15, -0.1) is 11.3 Å². The first-order valence-electron chi connectivity index (χ1n) is 11.7. The quantitative estimate of drug-likeness (QED) is 0.727. The SMILES string of the molecule is CCc1nc(N2CCN(C(=O)C3CC3)CC2)c2c3c(sc2n1)CC(C(C)(C)C)CC3. The summed E-state index contributed by atoms with van der Waals surface area (Å²) in [5.74, 6) is 3.49. The van der Waals surface area contributed by atoms with E-state index in [1.807, 2.05) is 11.3 Å². The van der Waals surface area contributed by atoms with Crippen LogP contribution in [0.5, 0.6) is 0 Å². The molecule has 162 valence electrons. The normalized spacial score (nSPS) is 22.5. The van der Waals surface area contributed by atoms with Crippen LogP contribution in [-0.2, 0) is 24.1 Å². The van der Waals surface area contributed by atoms with Gasteiger partial charge in [0.2, 0.25) is 5.91 Å². The van der Waals surface area contributed by atoms with Crippen LogP contribution < -0.4 is 4.90 Å². The summed E-state index contributed by atoms with van der Waals surface area (Å²) in [6.07, 6.45) is 6.59. The summed E-state index contributed by atoms with van der Waals surface area (Å²) >= 11 is 1.90. The third-order valence-electron chi connectivity index (χ3n) is 7.29. The van der Waals surface area contributed by atoms with Crippen LogP contribution in [0.25, 0.3) is 10.2 Å². The van der Waals surface area contributed by atoms with E-state index in [4.69, 9.17) is 9.97 Å².